The Morgan fingerprint density at radius 1 is 1.07 bits per heavy atom. The first kappa shape index (κ1) is 20.1. The lowest BCUT2D eigenvalue weighted by molar-refractivity contribution is -0.384. The SMILES string of the molecule is CCOc1ccccc1NC1=C(c2ccc([N+](=O)[O-])cc2)C(=O)N(C(C)C)C1=O. The fraction of sp³-hybridized carbons (Fsp3) is 0.238. The second kappa shape index (κ2) is 8.14. The van der Waals surface area contributed by atoms with E-state index in [0.717, 1.165) is 0 Å². The highest BCUT2D eigenvalue weighted by Crippen LogP contribution is 2.34. The summed E-state index contributed by atoms with van der Waals surface area (Å²) in [6, 6.07) is 12.3. The largest absolute Gasteiger partial charge is 0.492 e. The van der Waals surface area contributed by atoms with E-state index in [4.69, 9.17) is 4.74 Å². The number of non-ortho nitro benzene ring substituents is 1. The molecular formula is C21H21N3O5. The third-order valence-electron chi connectivity index (χ3n) is 4.45. The van der Waals surface area contributed by atoms with E-state index in [1.807, 2.05) is 13.0 Å². The third kappa shape index (κ3) is 3.82. The topological polar surface area (TPSA) is 102 Å². The summed E-state index contributed by atoms with van der Waals surface area (Å²) in [6.07, 6.45) is 0. The van der Waals surface area contributed by atoms with Crippen molar-refractivity contribution in [2.75, 3.05) is 11.9 Å². The minimum atomic E-state index is -0.516. The average molecular weight is 395 g/mol. The van der Waals surface area contributed by atoms with Gasteiger partial charge in [0.2, 0.25) is 0 Å². The summed E-state index contributed by atoms with van der Waals surface area (Å²) in [5.74, 6) is -0.353. The van der Waals surface area contributed by atoms with Crippen molar-refractivity contribution in [3.05, 3.63) is 69.9 Å². The van der Waals surface area contributed by atoms with Crippen LogP contribution in [0.25, 0.3) is 5.57 Å². The van der Waals surface area contributed by atoms with Crippen LogP contribution in [0.3, 0.4) is 0 Å². The number of benzene rings is 2. The number of ether oxygens (including phenoxy) is 1. The summed E-state index contributed by atoms with van der Waals surface area (Å²) in [5, 5.41) is 14.0. The number of nitro benzene ring substituents is 1. The van der Waals surface area contributed by atoms with Gasteiger partial charge in [-0.25, -0.2) is 0 Å². The molecule has 1 heterocycles. The predicted molar refractivity (Wildman–Crippen MR) is 108 cm³/mol. The van der Waals surface area contributed by atoms with Crippen molar-refractivity contribution in [3.8, 4) is 5.75 Å². The Bertz CT molecular complexity index is 996. The van der Waals surface area contributed by atoms with Crippen molar-refractivity contribution in [2.45, 2.75) is 26.8 Å². The minimum Gasteiger partial charge on any atom is -0.492 e. The zero-order chi connectivity index (χ0) is 21.1. The molecule has 8 heteroatoms. The minimum absolute atomic E-state index is 0.0944. The van der Waals surface area contributed by atoms with Crippen LogP contribution in [0.1, 0.15) is 26.3 Å². The van der Waals surface area contributed by atoms with Crippen molar-refractivity contribution in [2.24, 2.45) is 0 Å². The Morgan fingerprint density at radius 3 is 2.31 bits per heavy atom. The molecule has 29 heavy (non-hydrogen) atoms. The summed E-state index contributed by atoms with van der Waals surface area (Å²) in [6.45, 7) is 5.79. The molecule has 2 aromatic carbocycles. The van der Waals surface area contributed by atoms with E-state index in [1.54, 1.807) is 32.0 Å². The molecule has 0 radical (unpaired) electrons. The van der Waals surface area contributed by atoms with E-state index in [2.05, 4.69) is 5.32 Å². The first-order valence-corrected chi connectivity index (χ1v) is 9.21. The second-order valence-electron chi connectivity index (χ2n) is 6.68. The highest BCUT2D eigenvalue weighted by atomic mass is 16.6. The number of carbonyl (C=O) groups excluding carboxylic acids is 2. The number of para-hydroxylation sites is 2. The van der Waals surface area contributed by atoms with E-state index in [-0.39, 0.29) is 23.0 Å². The molecule has 1 aliphatic rings. The molecule has 150 valence electrons. The van der Waals surface area contributed by atoms with Crippen LogP contribution in [0.15, 0.2) is 54.2 Å². The lowest BCUT2D eigenvalue weighted by Crippen LogP contribution is -2.38. The van der Waals surface area contributed by atoms with Crippen molar-refractivity contribution in [1.29, 1.82) is 0 Å². The van der Waals surface area contributed by atoms with Gasteiger partial charge < -0.3 is 10.1 Å². The number of carbonyl (C=O) groups is 2. The molecule has 0 bridgehead atoms. The van der Waals surface area contributed by atoms with E-state index in [9.17, 15) is 19.7 Å². The molecule has 8 nitrogen and oxygen atoms in total. The van der Waals surface area contributed by atoms with Crippen LogP contribution >= 0.6 is 0 Å². The molecule has 0 aliphatic carbocycles. The third-order valence-corrected chi connectivity index (χ3v) is 4.45. The summed E-state index contributed by atoms with van der Waals surface area (Å²) in [7, 11) is 0. The molecule has 1 N–H and O–H groups in total. The Morgan fingerprint density at radius 2 is 1.72 bits per heavy atom. The molecule has 2 amide bonds. The molecule has 0 unspecified atom stereocenters. The van der Waals surface area contributed by atoms with Gasteiger partial charge in [0.15, 0.2) is 0 Å². The van der Waals surface area contributed by atoms with Crippen LogP contribution in [0.2, 0.25) is 0 Å². The van der Waals surface area contributed by atoms with Crippen molar-refractivity contribution in [1.82, 2.24) is 4.90 Å². The Labute approximate surface area is 167 Å². The summed E-state index contributed by atoms with van der Waals surface area (Å²) in [4.78, 5) is 37.6. The number of hydrogen-bond donors (Lipinski definition) is 1. The van der Waals surface area contributed by atoms with Gasteiger partial charge in [-0.15, -0.1) is 0 Å². The molecular weight excluding hydrogens is 374 g/mol. The number of anilines is 1. The van der Waals surface area contributed by atoms with Crippen molar-refractivity contribution >= 4 is 28.8 Å². The van der Waals surface area contributed by atoms with Crippen LogP contribution in [0.5, 0.6) is 5.75 Å². The maximum atomic E-state index is 13.0. The fourth-order valence-corrected chi connectivity index (χ4v) is 3.14. The van der Waals surface area contributed by atoms with Gasteiger partial charge in [0.1, 0.15) is 11.4 Å². The Hall–Kier alpha value is -3.68. The smallest absolute Gasteiger partial charge is 0.278 e. The van der Waals surface area contributed by atoms with Crippen LogP contribution in [0.4, 0.5) is 11.4 Å². The highest BCUT2D eigenvalue weighted by molar-refractivity contribution is 6.36. The second-order valence-corrected chi connectivity index (χ2v) is 6.68. The maximum absolute atomic E-state index is 13.0. The normalized spacial score (nSPS) is 14.0. The lowest BCUT2D eigenvalue weighted by Gasteiger charge is -2.19. The summed E-state index contributed by atoms with van der Waals surface area (Å²) >= 11 is 0. The number of nitrogens with zero attached hydrogens (tertiary/aromatic N) is 2. The van der Waals surface area contributed by atoms with Gasteiger partial charge in [-0.3, -0.25) is 24.6 Å². The first-order chi connectivity index (χ1) is 13.8. The van der Waals surface area contributed by atoms with Gasteiger partial charge in [-0.1, -0.05) is 12.1 Å². The predicted octanol–water partition coefficient (Wildman–Crippen LogP) is 3.59. The zero-order valence-electron chi connectivity index (χ0n) is 16.3. The van der Waals surface area contributed by atoms with E-state index >= 15 is 0 Å². The zero-order valence-corrected chi connectivity index (χ0v) is 16.3. The average Bonchev–Trinajstić information content (AvgIpc) is 2.93. The van der Waals surface area contributed by atoms with E-state index in [0.29, 0.717) is 23.6 Å². The molecule has 0 saturated carbocycles. The molecule has 0 saturated heterocycles. The molecule has 2 aromatic rings. The quantitative estimate of drug-likeness (QED) is 0.437. The van der Waals surface area contributed by atoms with E-state index in [1.165, 1.54) is 29.2 Å². The number of nitro groups is 1. The number of nitrogens with one attached hydrogen (secondary N) is 1. The van der Waals surface area contributed by atoms with Crippen molar-refractivity contribution in [3.63, 3.8) is 0 Å². The molecule has 0 atom stereocenters. The van der Waals surface area contributed by atoms with Crippen LogP contribution < -0.4 is 10.1 Å². The standard InChI is InChI=1S/C21H21N3O5/c1-4-29-17-8-6-5-7-16(17)22-19-18(20(25)23(13(2)3)21(19)26)14-9-11-15(12-10-14)24(27)28/h5-13,22H,4H2,1-3H3. The lowest BCUT2D eigenvalue weighted by atomic mass is 10.0. The number of rotatable bonds is 7. The van der Waals surface area contributed by atoms with Crippen LogP contribution in [0, 0.1) is 10.1 Å². The molecule has 3 rings (SSSR count). The maximum Gasteiger partial charge on any atom is 0.278 e. The van der Waals surface area contributed by atoms with Crippen LogP contribution in [-0.2, 0) is 9.59 Å². The van der Waals surface area contributed by atoms with Crippen LogP contribution in [-0.4, -0.2) is 34.3 Å². The molecule has 0 fully saturated rings. The number of amides is 2. The van der Waals surface area contributed by atoms with Gasteiger partial charge in [0.05, 0.1) is 22.8 Å². The molecule has 0 aromatic heterocycles. The van der Waals surface area contributed by atoms with Gasteiger partial charge in [0, 0.05) is 18.2 Å². The number of hydrogen-bond acceptors (Lipinski definition) is 6. The highest BCUT2D eigenvalue weighted by Gasteiger charge is 2.40. The van der Waals surface area contributed by atoms with Gasteiger partial charge in [-0.05, 0) is 50.6 Å². The Kier molecular flexibility index (Phi) is 5.63. The fourth-order valence-electron chi connectivity index (χ4n) is 3.14. The summed E-state index contributed by atoms with van der Waals surface area (Å²) in [5.41, 5.74) is 1.17. The van der Waals surface area contributed by atoms with Gasteiger partial charge in [0.25, 0.3) is 17.5 Å². The van der Waals surface area contributed by atoms with Gasteiger partial charge in [-0.2, -0.15) is 0 Å². The first-order valence-electron chi connectivity index (χ1n) is 9.21. The van der Waals surface area contributed by atoms with Gasteiger partial charge >= 0.3 is 0 Å². The van der Waals surface area contributed by atoms with Crippen molar-refractivity contribution < 1.29 is 19.2 Å². The Balaban J connectivity index is 2.10. The van der Waals surface area contributed by atoms with E-state index < -0.39 is 16.7 Å². The molecule has 1 aliphatic heterocycles. The number of imide groups is 1. The molecule has 0 spiro atoms. The summed E-state index contributed by atoms with van der Waals surface area (Å²) < 4.78 is 5.60. The monoisotopic (exact) mass is 395 g/mol.